The van der Waals surface area contributed by atoms with Crippen molar-refractivity contribution in [2.45, 2.75) is 26.4 Å². The summed E-state index contributed by atoms with van der Waals surface area (Å²) in [6, 6.07) is 12.5. The Morgan fingerprint density at radius 2 is 1.88 bits per heavy atom. The molecule has 0 aliphatic carbocycles. The number of carbonyl (C=O) groups is 1. The lowest BCUT2D eigenvalue weighted by atomic mass is 10.0. The average Bonchev–Trinajstić information content (AvgIpc) is 2.93. The Balaban J connectivity index is 1.53. The first-order valence-electron chi connectivity index (χ1n) is 13.0. The Morgan fingerprint density at radius 3 is 2.54 bits per heavy atom. The van der Waals surface area contributed by atoms with Crippen LogP contribution >= 0.6 is 11.6 Å². The second-order valence-electron chi connectivity index (χ2n) is 10.1. The van der Waals surface area contributed by atoms with Gasteiger partial charge in [0.1, 0.15) is 22.9 Å². The smallest absolute Gasteiger partial charge is 0.407 e. The SMILES string of the molecule is COc1ccc(CN(C)c2cc(C)cc(-c3c(Cl)cc4c(N5CCN(C(=O)O)CC5C)nc(F)nc4c3F)n2)cc1. The van der Waals surface area contributed by atoms with Gasteiger partial charge in [-0.2, -0.15) is 14.4 Å². The number of piperazine rings is 1. The molecule has 2 aromatic heterocycles. The van der Waals surface area contributed by atoms with Gasteiger partial charge in [0, 0.05) is 44.7 Å². The Morgan fingerprint density at radius 1 is 1.15 bits per heavy atom. The summed E-state index contributed by atoms with van der Waals surface area (Å²) in [6.07, 6.45) is -2.13. The van der Waals surface area contributed by atoms with Crippen molar-refractivity contribution < 1.29 is 23.4 Å². The fourth-order valence-corrected chi connectivity index (χ4v) is 5.40. The molecule has 0 bridgehead atoms. The highest BCUT2D eigenvalue weighted by atomic mass is 35.5. The third kappa shape index (κ3) is 5.67. The summed E-state index contributed by atoms with van der Waals surface area (Å²) in [5.74, 6) is 0.712. The van der Waals surface area contributed by atoms with Gasteiger partial charge in [-0.1, -0.05) is 23.7 Å². The number of fused-ring (bicyclic) bond motifs is 1. The molecule has 41 heavy (non-hydrogen) atoms. The zero-order chi connectivity index (χ0) is 29.4. The van der Waals surface area contributed by atoms with E-state index in [1.54, 1.807) is 25.0 Å². The van der Waals surface area contributed by atoms with E-state index in [2.05, 4.69) is 9.97 Å². The quantitative estimate of drug-likeness (QED) is 0.287. The van der Waals surface area contributed by atoms with E-state index in [-0.39, 0.29) is 58.7 Å². The minimum atomic E-state index is -1.09. The normalized spacial score (nSPS) is 15.3. The van der Waals surface area contributed by atoms with Gasteiger partial charge < -0.3 is 24.5 Å². The number of benzene rings is 2. The molecule has 0 saturated carbocycles. The largest absolute Gasteiger partial charge is 0.497 e. The molecular weight excluding hydrogens is 554 g/mol. The molecule has 1 saturated heterocycles. The molecule has 1 aliphatic rings. The highest BCUT2D eigenvalue weighted by molar-refractivity contribution is 6.34. The fraction of sp³-hybridized carbons (Fsp3) is 0.310. The van der Waals surface area contributed by atoms with Crippen molar-refractivity contribution in [1.29, 1.82) is 0 Å². The molecule has 4 aromatic rings. The van der Waals surface area contributed by atoms with E-state index >= 15 is 4.39 Å². The summed E-state index contributed by atoms with van der Waals surface area (Å²) in [5, 5.41) is 9.66. The van der Waals surface area contributed by atoms with Gasteiger partial charge in [0.15, 0.2) is 5.82 Å². The minimum Gasteiger partial charge on any atom is -0.497 e. The number of pyridine rings is 1. The monoisotopic (exact) mass is 582 g/mol. The number of aryl methyl sites for hydroxylation is 1. The summed E-state index contributed by atoms with van der Waals surface area (Å²) >= 11 is 6.68. The molecular formula is C29H29ClF2N6O3. The van der Waals surface area contributed by atoms with Gasteiger partial charge in [0.25, 0.3) is 0 Å². The molecule has 1 amide bonds. The lowest BCUT2D eigenvalue weighted by molar-refractivity contribution is 0.136. The van der Waals surface area contributed by atoms with Crippen molar-refractivity contribution in [3.63, 3.8) is 0 Å². The lowest BCUT2D eigenvalue weighted by Crippen LogP contribution is -2.53. The molecule has 5 rings (SSSR count). The highest BCUT2D eigenvalue weighted by Gasteiger charge is 2.30. The van der Waals surface area contributed by atoms with Crippen LogP contribution in [0.4, 0.5) is 25.2 Å². The zero-order valence-corrected chi connectivity index (χ0v) is 23.8. The summed E-state index contributed by atoms with van der Waals surface area (Å²) in [7, 11) is 3.49. The van der Waals surface area contributed by atoms with Crippen LogP contribution in [0.15, 0.2) is 42.5 Å². The van der Waals surface area contributed by atoms with Crippen LogP contribution in [0.25, 0.3) is 22.2 Å². The van der Waals surface area contributed by atoms with Gasteiger partial charge in [-0.25, -0.2) is 14.2 Å². The third-order valence-corrected chi connectivity index (χ3v) is 7.49. The zero-order valence-electron chi connectivity index (χ0n) is 23.0. The number of nitrogens with zero attached hydrogens (tertiary/aromatic N) is 6. The first kappa shape index (κ1) is 28.3. The predicted octanol–water partition coefficient (Wildman–Crippen LogP) is 5.77. The van der Waals surface area contributed by atoms with Gasteiger partial charge in [-0.3, -0.25) is 0 Å². The van der Waals surface area contributed by atoms with Gasteiger partial charge in [0.2, 0.25) is 0 Å². The Kier molecular flexibility index (Phi) is 7.81. The average molecular weight is 583 g/mol. The van der Waals surface area contributed by atoms with E-state index in [0.717, 1.165) is 16.9 Å². The fourth-order valence-electron chi connectivity index (χ4n) is 5.11. The Labute approximate surface area is 241 Å². The standard InChI is InChI=1S/C29H29ClF2N6O3/c1-16-11-22(33-23(12-16)36(3)15-18-5-7-19(41-4)8-6-18)24-21(30)13-20-26(25(24)31)34-28(32)35-27(20)38-10-9-37(29(39)40)14-17(38)2/h5-8,11-13,17H,9-10,14-15H2,1-4H3,(H,39,40). The number of amides is 1. The summed E-state index contributed by atoms with van der Waals surface area (Å²) in [6.45, 7) is 4.86. The molecule has 0 spiro atoms. The minimum absolute atomic E-state index is 0.00904. The third-order valence-electron chi connectivity index (χ3n) is 7.19. The molecule has 9 nitrogen and oxygen atoms in total. The number of methoxy groups -OCH3 is 1. The van der Waals surface area contributed by atoms with E-state index < -0.39 is 18.0 Å². The van der Waals surface area contributed by atoms with E-state index in [9.17, 15) is 14.3 Å². The van der Waals surface area contributed by atoms with E-state index in [0.29, 0.717) is 12.4 Å². The number of ether oxygens (including phenoxy) is 1. The Bertz CT molecular complexity index is 1620. The topological polar surface area (TPSA) is 94.9 Å². The molecule has 1 fully saturated rings. The second kappa shape index (κ2) is 11.3. The molecule has 0 radical (unpaired) electrons. The number of hydrogen-bond acceptors (Lipinski definition) is 7. The number of hydrogen-bond donors (Lipinski definition) is 1. The van der Waals surface area contributed by atoms with Gasteiger partial charge in [-0.05, 0) is 55.3 Å². The molecule has 214 valence electrons. The summed E-state index contributed by atoms with van der Waals surface area (Å²) in [5.41, 5.74) is 1.94. The van der Waals surface area contributed by atoms with Gasteiger partial charge in [0.05, 0.1) is 23.4 Å². The van der Waals surface area contributed by atoms with E-state index in [1.165, 1.54) is 11.0 Å². The highest BCUT2D eigenvalue weighted by Crippen LogP contribution is 2.39. The number of halogens is 3. The van der Waals surface area contributed by atoms with Crippen LogP contribution in [0.1, 0.15) is 18.1 Å². The Hall–Kier alpha value is -4.25. The van der Waals surface area contributed by atoms with Gasteiger partial charge in [-0.15, -0.1) is 0 Å². The summed E-state index contributed by atoms with van der Waals surface area (Å²) in [4.78, 5) is 28.8. The first-order chi connectivity index (χ1) is 19.5. The first-order valence-corrected chi connectivity index (χ1v) is 13.4. The number of aromatic nitrogens is 3. The van der Waals surface area contributed by atoms with E-state index in [4.69, 9.17) is 21.3 Å². The van der Waals surface area contributed by atoms with Crippen LogP contribution < -0.4 is 14.5 Å². The van der Waals surface area contributed by atoms with Gasteiger partial charge >= 0.3 is 12.2 Å². The number of carboxylic acid groups (broad SMARTS) is 1. The molecule has 1 atom stereocenters. The second-order valence-corrected chi connectivity index (χ2v) is 10.5. The predicted molar refractivity (Wildman–Crippen MR) is 154 cm³/mol. The van der Waals surface area contributed by atoms with Crippen LogP contribution in [-0.2, 0) is 6.54 Å². The van der Waals surface area contributed by atoms with Crippen molar-refractivity contribution in [2.24, 2.45) is 0 Å². The van der Waals surface area contributed by atoms with Crippen LogP contribution in [0.3, 0.4) is 0 Å². The molecule has 12 heteroatoms. The maximum atomic E-state index is 16.2. The molecule has 3 heterocycles. The van der Waals surface area contributed by atoms with Crippen molar-refractivity contribution in [1.82, 2.24) is 19.9 Å². The molecule has 2 aromatic carbocycles. The van der Waals surface area contributed by atoms with Crippen molar-refractivity contribution in [2.75, 3.05) is 43.6 Å². The number of anilines is 2. The maximum Gasteiger partial charge on any atom is 0.407 e. The molecule has 1 aliphatic heterocycles. The molecule has 1 unspecified atom stereocenters. The van der Waals surface area contributed by atoms with Crippen molar-refractivity contribution >= 4 is 40.2 Å². The maximum absolute atomic E-state index is 16.2. The molecule has 1 N–H and O–H groups in total. The van der Waals surface area contributed by atoms with Crippen LogP contribution in [-0.4, -0.2) is 70.9 Å². The van der Waals surface area contributed by atoms with Crippen LogP contribution in [0, 0.1) is 18.8 Å². The van der Waals surface area contributed by atoms with Crippen molar-refractivity contribution in [3.05, 3.63) is 70.5 Å². The number of rotatable bonds is 6. The van der Waals surface area contributed by atoms with E-state index in [1.807, 2.05) is 49.2 Å². The van der Waals surface area contributed by atoms with Crippen LogP contribution in [0.2, 0.25) is 5.02 Å². The van der Waals surface area contributed by atoms with Crippen molar-refractivity contribution in [3.8, 4) is 17.0 Å². The lowest BCUT2D eigenvalue weighted by Gasteiger charge is -2.39. The van der Waals surface area contributed by atoms with Crippen LogP contribution in [0.5, 0.6) is 5.75 Å². The summed E-state index contributed by atoms with van der Waals surface area (Å²) < 4.78 is 36.1.